The fourth-order valence-electron chi connectivity index (χ4n) is 0.924. The lowest BCUT2D eigenvalue weighted by Crippen LogP contribution is -2.40. The number of carbonyl (C=O) groups is 1. The molecule has 0 spiro atoms. The molecule has 1 aromatic carbocycles. The Kier molecular flexibility index (Phi) is 4.14. The van der Waals surface area contributed by atoms with Gasteiger partial charge < -0.3 is 0 Å². The van der Waals surface area contributed by atoms with Crippen molar-refractivity contribution in [2.24, 2.45) is 0 Å². The molecular formula is C8H4Cl2F3NO3S. The summed E-state index contributed by atoms with van der Waals surface area (Å²) in [6, 6.07) is 3.20. The van der Waals surface area contributed by atoms with Crippen LogP contribution >= 0.6 is 23.2 Å². The Morgan fingerprint density at radius 1 is 1.11 bits per heavy atom. The maximum Gasteiger partial charge on any atom is 0.516 e. The van der Waals surface area contributed by atoms with Crippen LogP contribution in [0.15, 0.2) is 18.2 Å². The molecule has 0 aliphatic carbocycles. The Morgan fingerprint density at radius 2 is 1.56 bits per heavy atom. The van der Waals surface area contributed by atoms with Crippen molar-refractivity contribution in [1.29, 1.82) is 0 Å². The Morgan fingerprint density at radius 3 is 1.94 bits per heavy atom. The van der Waals surface area contributed by atoms with E-state index in [0.29, 0.717) is 0 Å². The van der Waals surface area contributed by atoms with E-state index < -0.39 is 27.0 Å². The monoisotopic (exact) mass is 321 g/mol. The molecule has 1 aromatic rings. The van der Waals surface area contributed by atoms with Crippen molar-refractivity contribution < 1.29 is 26.4 Å². The van der Waals surface area contributed by atoms with Crippen LogP contribution in [-0.4, -0.2) is 19.8 Å². The minimum Gasteiger partial charge on any atom is -0.268 e. The average Bonchev–Trinajstić information content (AvgIpc) is 2.13. The van der Waals surface area contributed by atoms with Crippen LogP contribution < -0.4 is 4.72 Å². The number of hydrogen-bond acceptors (Lipinski definition) is 3. The summed E-state index contributed by atoms with van der Waals surface area (Å²) in [7, 11) is -5.76. The molecule has 1 N–H and O–H groups in total. The Hall–Kier alpha value is -0.990. The molecule has 0 bridgehead atoms. The minimum absolute atomic E-state index is 0.0166. The first kappa shape index (κ1) is 15.1. The first-order valence-corrected chi connectivity index (χ1v) is 6.36. The van der Waals surface area contributed by atoms with E-state index in [1.165, 1.54) is 6.07 Å². The second kappa shape index (κ2) is 4.94. The van der Waals surface area contributed by atoms with E-state index in [-0.39, 0.29) is 10.0 Å². The minimum atomic E-state index is -5.76. The largest absolute Gasteiger partial charge is 0.516 e. The topological polar surface area (TPSA) is 63.2 Å². The average molecular weight is 322 g/mol. The van der Waals surface area contributed by atoms with Crippen LogP contribution in [0.1, 0.15) is 10.4 Å². The van der Waals surface area contributed by atoms with Gasteiger partial charge in [-0.3, -0.25) is 4.79 Å². The van der Waals surface area contributed by atoms with Crippen molar-refractivity contribution in [1.82, 2.24) is 4.72 Å². The highest BCUT2D eigenvalue weighted by Gasteiger charge is 2.47. The molecule has 0 aliphatic heterocycles. The lowest BCUT2D eigenvalue weighted by Gasteiger charge is -2.09. The van der Waals surface area contributed by atoms with Gasteiger partial charge in [0.15, 0.2) is 0 Å². The maximum atomic E-state index is 12.0. The standard InChI is InChI=1S/C8H4Cl2F3NO3S/c9-5-1-4(2-6(10)3-5)7(15)14-18(16,17)8(11,12)13/h1-3H,(H,14,15). The summed E-state index contributed by atoms with van der Waals surface area (Å²) in [4.78, 5) is 11.3. The fourth-order valence-corrected chi connectivity index (χ4v) is 1.93. The molecule has 4 nitrogen and oxygen atoms in total. The van der Waals surface area contributed by atoms with Gasteiger partial charge >= 0.3 is 15.5 Å². The normalized spacial score (nSPS) is 12.3. The summed E-state index contributed by atoms with van der Waals surface area (Å²) in [6.45, 7) is 0. The second-order valence-corrected chi connectivity index (χ2v) is 5.59. The highest BCUT2D eigenvalue weighted by molar-refractivity contribution is 7.90. The highest BCUT2D eigenvalue weighted by Crippen LogP contribution is 2.23. The Bertz CT molecular complexity index is 565. The Balaban J connectivity index is 3.04. The lowest BCUT2D eigenvalue weighted by molar-refractivity contribution is -0.0446. The molecule has 1 rings (SSSR count). The van der Waals surface area contributed by atoms with Gasteiger partial charge in [-0.2, -0.15) is 21.6 Å². The summed E-state index contributed by atoms with van der Waals surface area (Å²) in [5.74, 6) is -1.48. The number of alkyl halides is 3. The van der Waals surface area contributed by atoms with Crippen molar-refractivity contribution >= 4 is 39.1 Å². The van der Waals surface area contributed by atoms with Gasteiger partial charge in [-0.1, -0.05) is 23.2 Å². The van der Waals surface area contributed by atoms with Crippen LogP contribution in [0.3, 0.4) is 0 Å². The number of halogens is 5. The number of rotatable bonds is 2. The quantitative estimate of drug-likeness (QED) is 0.910. The van der Waals surface area contributed by atoms with E-state index in [4.69, 9.17) is 23.2 Å². The summed E-state index contributed by atoms with van der Waals surface area (Å²) >= 11 is 11.0. The zero-order valence-electron chi connectivity index (χ0n) is 8.25. The van der Waals surface area contributed by atoms with Crippen molar-refractivity contribution in [2.75, 3.05) is 0 Å². The van der Waals surface area contributed by atoms with Gasteiger partial charge in [-0.25, -0.2) is 4.72 Å². The van der Waals surface area contributed by atoms with Gasteiger partial charge in [-0.15, -0.1) is 0 Å². The summed E-state index contributed by atoms with van der Waals surface area (Å²) in [5, 5.41) is -0.0332. The van der Waals surface area contributed by atoms with E-state index in [2.05, 4.69) is 0 Å². The van der Waals surface area contributed by atoms with E-state index in [1.807, 2.05) is 0 Å². The molecule has 0 atom stereocenters. The van der Waals surface area contributed by atoms with Gasteiger partial charge in [0.25, 0.3) is 5.91 Å². The molecule has 10 heteroatoms. The molecule has 0 saturated heterocycles. The predicted molar refractivity (Wildman–Crippen MR) is 58.9 cm³/mol. The summed E-state index contributed by atoms with van der Waals surface area (Å²) in [5.41, 5.74) is -5.98. The van der Waals surface area contributed by atoms with Gasteiger partial charge in [0.05, 0.1) is 0 Å². The second-order valence-electron chi connectivity index (χ2n) is 3.04. The molecule has 0 fully saturated rings. The number of carbonyl (C=O) groups excluding carboxylic acids is 1. The molecule has 0 unspecified atom stereocenters. The molecule has 1 amide bonds. The number of amides is 1. The number of hydrogen-bond donors (Lipinski definition) is 1. The van der Waals surface area contributed by atoms with E-state index in [1.54, 1.807) is 0 Å². The molecule has 0 aromatic heterocycles. The molecule has 100 valence electrons. The van der Waals surface area contributed by atoms with Crippen molar-refractivity contribution in [3.05, 3.63) is 33.8 Å². The van der Waals surface area contributed by atoms with E-state index in [0.717, 1.165) is 16.9 Å². The summed E-state index contributed by atoms with van der Waals surface area (Å²) in [6.07, 6.45) is 0. The maximum absolute atomic E-state index is 12.0. The van der Waals surface area contributed by atoms with Gasteiger partial charge in [0, 0.05) is 15.6 Å². The summed E-state index contributed by atoms with van der Waals surface area (Å²) < 4.78 is 58.3. The molecule has 0 heterocycles. The SMILES string of the molecule is O=C(NS(=O)(=O)C(F)(F)F)c1cc(Cl)cc(Cl)c1. The van der Waals surface area contributed by atoms with Crippen LogP contribution in [0.5, 0.6) is 0 Å². The third kappa shape index (κ3) is 3.50. The van der Waals surface area contributed by atoms with Crippen LogP contribution in [0.2, 0.25) is 10.0 Å². The van der Waals surface area contributed by atoms with Crippen LogP contribution in [0, 0.1) is 0 Å². The number of nitrogens with one attached hydrogen (secondary N) is 1. The van der Waals surface area contributed by atoms with Crippen LogP contribution in [-0.2, 0) is 10.0 Å². The fraction of sp³-hybridized carbons (Fsp3) is 0.125. The van der Waals surface area contributed by atoms with Crippen LogP contribution in [0.4, 0.5) is 13.2 Å². The van der Waals surface area contributed by atoms with Gasteiger partial charge in [-0.05, 0) is 18.2 Å². The van der Waals surface area contributed by atoms with Crippen molar-refractivity contribution in [2.45, 2.75) is 5.51 Å². The van der Waals surface area contributed by atoms with E-state index in [9.17, 15) is 26.4 Å². The highest BCUT2D eigenvalue weighted by atomic mass is 35.5. The van der Waals surface area contributed by atoms with E-state index >= 15 is 0 Å². The Labute approximate surface area is 110 Å². The zero-order chi connectivity index (χ0) is 14.1. The van der Waals surface area contributed by atoms with Crippen molar-refractivity contribution in [3.63, 3.8) is 0 Å². The zero-order valence-corrected chi connectivity index (χ0v) is 10.6. The molecule has 0 saturated carbocycles. The smallest absolute Gasteiger partial charge is 0.268 e. The molecule has 0 aliphatic rings. The van der Waals surface area contributed by atoms with Gasteiger partial charge in [0.2, 0.25) is 0 Å². The lowest BCUT2D eigenvalue weighted by atomic mass is 10.2. The molecule has 0 radical (unpaired) electrons. The van der Waals surface area contributed by atoms with Gasteiger partial charge in [0.1, 0.15) is 0 Å². The first-order chi connectivity index (χ1) is 8.03. The number of sulfonamides is 1. The predicted octanol–water partition coefficient (Wildman–Crippen LogP) is 2.57. The molecule has 18 heavy (non-hydrogen) atoms. The first-order valence-electron chi connectivity index (χ1n) is 4.12. The van der Waals surface area contributed by atoms with Crippen molar-refractivity contribution in [3.8, 4) is 0 Å². The van der Waals surface area contributed by atoms with Crippen LogP contribution in [0.25, 0.3) is 0 Å². The molecular weight excluding hydrogens is 318 g/mol. The third-order valence-corrected chi connectivity index (χ3v) is 3.16. The number of benzene rings is 1. The third-order valence-electron chi connectivity index (χ3n) is 1.66.